The van der Waals surface area contributed by atoms with Crippen molar-refractivity contribution < 1.29 is 12.9 Å². The molecule has 1 fully saturated rings. The molecule has 1 aromatic rings. The number of rotatable bonds is 7. The molecule has 1 saturated heterocycles. The normalized spacial score (nSPS) is 20.8. The van der Waals surface area contributed by atoms with E-state index in [4.69, 9.17) is 4.52 Å². The third kappa shape index (κ3) is 6.11. The van der Waals surface area contributed by atoms with E-state index in [9.17, 15) is 8.42 Å². The molecule has 1 aromatic heterocycles. The number of hydrogen-bond donors (Lipinski definition) is 1. The highest BCUT2D eigenvalue weighted by Gasteiger charge is 2.20. The summed E-state index contributed by atoms with van der Waals surface area (Å²) in [6.45, 7) is 5.21. The zero-order valence-corrected chi connectivity index (χ0v) is 13.5. The highest BCUT2D eigenvalue weighted by molar-refractivity contribution is 7.90. The Labute approximate surface area is 126 Å². The molecule has 8 heteroatoms. The lowest BCUT2D eigenvalue weighted by atomic mass is 10.1. The van der Waals surface area contributed by atoms with Crippen molar-refractivity contribution >= 4 is 9.84 Å². The monoisotopic (exact) mass is 316 g/mol. The van der Waals surface area contributed by atoms with Gasteiger partial charge in [-0.2, -0.15) is 4.98 Å². The van der Waals surface area contributed by atoms with Gasteiger partial charge in [-0.15, -0.1) is 0 Å². The van der Waals surface area contributed by atoms with Crippen LogP contribution in [0.15, 0.2) is 4.52 Å². The number of likely N-dealkylation sites (tertiary alicyclic amines) is 1. The van der Waals surface area contributed by atoms with Crippen LogP contribution < -0.4 is 5.32 Å². The average molecular weight is 316 g/mol. The van der Waals surface area contributed by atoms with Crippen molar-refractivity contribution in [2.75, 3.05) is 31.6 Å². The van der Waals surface area contributed by atoms with Crippen LogP contribution in [0.2, 0.25) is 0 Å². The molecule has 2 rings (SSSR count). The van der Waals surface area contributed by atoms with Crippen molar-refractivity contribution in [1.29, 1.82) is 0 Å². The average Bonchev–Trinajstić information content (AvgIpc) is 2.80. The molecular weight excluding hydrogens is 292 g/mol. The first kappa shape index (κ1) is 16.4. The Morgan fingerprint density at radius 2 is 2.29 bits per heavy atom. The van der Waals surface area contributed by atoms with Gasteiger partial charge in [-0.25, -0.2) is 8.42 Å². The summed E-state index contributed by atoms with van der Waals surface area (Å²) in [6, 6.07) is 0.409. The second-order valence-corrected chi connectivity index (χ2v) is 8.00. The molecule has 0 aliphatic carbocycles. The second-order valence-electron chi connectivity index (χ2n) is 5.74. The van der Waals surface area contributed by atoms with E-state index in [1.165, 1.54) is 6.26 Å². The fourth-order valence-corrected chi connectivity index (χ4v) is 3.28. The summed E-state index contributed by atoms with van der Waals surface area (Å²) >= 11 is 0. The summed E-state index contributed by atoms with van der Waals surface area (Å²) in [4.78, 5) is 6.53. The molecule has 0 saturated carbocycles. The Kier molecular flexibility index (Phi) is 5.72. The van der Waals surface area contributed by atoms with Crippen LogP contribution in [-0.4, -0.2) is 61.1 Å². The molecular formula is C13H24N4O3S. The lowest BCUT2D eigenvalue weighted by molar-refractivity contribution is 0.178. The molecule has 0 radical (unpaired) electrons. The minimum Gasteiger partial charge on any atom is -0.340 e. The minimum absolute atomic E-state index is 0.249. The van der Waals surface area contributed by atoms with Crippen LogP contribution in [0.4, 0.5) is 0 Å². The van der Waals surface area contributed by atoms with E-state index in [1.807, 2.05) is 0 Å². The first-order valence-corrected chi connectivity index (χ1v) is 9.41. The maximum Gasteiger partial charge on any atom is 0.223 e. The van der Waals surface area contributed by atoms with Crippen LogP contribution in [-0.2, 0) is 16.4 Å². The molecule has 0 spiro atoms. The predicted molar refractivity (Wildman–Crippen MR) is 79.7 cm³/mol. The zero-order valence-electron chi connectivity index (χ0n) is 12.7. The molecule has 120 valence electrons. The van der Waals surface area contributed by atoms with Crippen molar-refractivity contribution in [1.82, 2.24) is 20.4 Å². The minimum atomic E-state index is -2.85. The first-order chi connectivity index (χ1) is 9.92. The van der Waals surface area contributed by atoms with Gasteiger partial charge < -0.3 is 9.84 Å². The van der Waals surface area contributed by atoms with E-state index in [-0.39, 0.29) is 5.75 Å². The Morgan fingerprint density at radius 3 is 2.95 bits per heavy atom. The van der Waals surface area contributed by atoms with E-state index < -0.39 is 9.84 Å². The van der Waals surface area contributed by atoms with Gasteiger partial charge in [0.1, 0.15) is 9.84 Å². The Balaban J connectivity index is 1.70. The summed E-state index contributed by atoms with van der Waals surface area (Å²) in [5.74, 6) is 1.57. The largest absolute Gasteiger partial charge is 0.340 e. The van der Waals surface area contributed by atoms with E-state index >= 15 is 0 Å². The third-order valence-corrected chi connectivity index (χ3v) is 4.60. The molecule has 0 aromatic carbocycles. The lowest BCUT2D eigenvalue weighted by Crippen LogP contribution is -2.45. The van der Waals surface area contributed by atoms with Crippen LogP contribution in [0.5, 0.6) is 0 Å². The van der Waals surface area contributed by atoms with E-state index in [0.29, 0.717) is 24.9 Å². The van der Waals surface area contributed by atoms with Crippen LogP contribution >= 0.6 is 0 Å². The summed E-state index contributed by atoms with van der Waals surface area (Å²) < 4.78 is 27.1. The van der Waals surface area contributed by atoms with Crippen LogP contribution in [0.25, 0.3) is 0 Å². The standard InChI is InChI=1S/C13H24N4O3S/c1-11-15-13(16-20-11)10-17-7-3-5-12(9-17)14-6-4-8-21(2,18)19/h12,14H,3-10H2,1-2H3/t12-/m0/s1. The Hall–Kier alpha value is -0.990. The van der Waals surface area contributed by atoms with Gasteiger partial charge in [-0.3, -0.25) is 4.90 Å². The third-order valence-electron chi connectivity index (χ3n) is 3.57. The number of sulfone groups is 1. The fraction of sp³-hybridized carbons (Fsp3) is 0.846. The quantitative estimate of drug-likeness (QED) is 0.727. The molecule has 1 N–H and O–H groups in total. The van der Waals surface area contributed by atoms with E-state index in [0.717, 1.165) is 38.3 Å². The molecule has 0 unspecified atom stereocenters. The van der Waals surface area contributed by atoms with Crippen molar-refractivity contribution in [3.8, 4) is 0 Å². The lowest BCUT2D eigenvalue weighted by Gasteiger charge is -2.32. The first-order valence-electron chi connectivity index (χ1n) is 7.35. The van der Waals surface area contributed by atoms with Gasteiger partial charge in [0.2, 0.25) is 5.89 Å². The van der Waals surface area contributed by atoms with E-state index in [1.54, 1.807) is 6.92 Å². The van der Waals surface area contributed by atoms with Gasteiger partial charge in [0.15, 0.2) is 5.82 Å². The molecule has 1 aliphatic heterocycles. The van der Waals surface area contributed by atoms with Gasteiger partial charge in [0, 0.05) is 25.8 Å². The van der Waals surface area contributed by atoms with Gasteiger partial charge in [0.05, 0.1) is 12.3 Å². The molecule has 0 amide bonds. The zero-order chi connectivity index (χ0) is 15.3. The van der Waals surface area contributed by atoms with Gasteiger partial charge in [-0.1, -0.05) is 5.16 Å². The van der Waals surface area contributed by atoms with Crippen LogP contribution in [0.1, 0.15) is 31.0 Å². The number of aromatic nitrogens is 2. The summed E-state index contributed by atoms with van der Waals surface area (Å²) in [5.41, 5.74) is 0. The molecule has 7 nitrogen and oxygen atoms in total. The SMILES string of the molecule is Cc1nc(CN2CCC[C@H](NCCCS(C)(=O)=O)C2)no1. The van der Waals surface area contributed by atoms with Crippen LogP contribution in [0.3, 0.4) is 0 Å². The maximum atomic E-state index is 11.1. The molecule has 0 bridgehead atoms. The summed E-state index contributed by atoms with van der Waals surface area (Å²) in [7, 11) is -2.85. The maximum absolute atomic E-state index is 11.1. The van der Waals surface area contributed by atoms with Crippen molar-refractivity contribution in [2.24, 2.45) is 0 Å². The fourth-order valence-electron chi connectivity index (χ4n) is 2.61. The highest BCUT2D eigenvalue weighted by Crippen LogP contribution is 2.12. The number of piperidine rings is 1. The van der Waals surface area contributed by atoms with E-state index in [2.05, 4.69) is 20.4 Å². The highest BCUT2D eigenvalue weighted by atomic mass is 32.2. The van der Waals surface area contributed by atoms with Crippen molar-refractivity contribution in [3.63, 3.8) is 0 Å². The Morgan fingerprint density at radius 1 is 1.48 bits per heavy atom. The number of nitrogens with zero attached hydrogens (tertiary/aromatic N) is 3. The van der Waals surface area contributed by atoms with Crippen molar-refractivity contribution in [3.05, 3.63) is 11.7 Å². The van der Waals surface area contributed by atoms with Crippen molar-refractivity contribution in [2.45, 2.75) is 38.8 Å². The second kappa shape index (κ2) is 7.33. The smallest absolute Gasteiger partial charge is 0.223 e. The predicted octanol–water partition coefficient (Wildman–Crippen LogP) is 0.367. The number of aryl methyl sites for hydroxylation is 1. The molecule has 21 heavy (non-hydrogen) atoms. The van der Waals surface area contributed by atoms with Gasteiger partial charge in [0.25, 0.3) is 0 Å². The van der Waals surface area contributed by atoms with Gasteiger partial charge in [-0.05, 0) is 32.4 Å². The molecule has 1 atom stereocenters. The van der Waals surface area contributed by atoms with Crippen LogP contribution in [0, 0.1) is 6.92 Å². The number of hydrogen-bond acceptors (Lipinski definition) is 7. The summed E-state index contributed by atoms with van der Waals surface area (Å²) in [6.07, 6.45) is 4.20. The number of nitrogens with one attached hydrogen (secondary N) is 1. The summed E-state index contributed by atoms with van der Waals surface area (Å²) in [5, 5.41) is 7.37. The van der Waals surface area contributed by atoms with Gasteiger partial charge >= 0.3 is 0 Å². The molecule has 2 heterocycles. The topological polar surface area (TPSA) is 88.3 Å². The Bertz CT molecular complexity index is 543. The molecule has 1 aliphatic rings.